The van der Waals surface area contributed by atoms with Gasteiger partial charge in [0, 0.05) is 21.5 Å². The van der Waals surface area contributed by atoms with E-state index in [2.05, 4.69) is 10.6 Å². The number of nitrogens with one attached hydrogen (secondary N) is 2. The van der Waals surface area contributed by atoms with Crippen molar-refractivity contribution in [3.63, 3.8) is 0 Å². The summed E-state index contributed by atoms with van der Waals surface area (Å²) in [6, 6.07) is 4.26. The molecule has 2 N–H and O–H groups in total. The monoisotopic (exact) mass is 304 g/mol. The molecule has 1 aliphatic heterocycles. The van der Waals surface area contributed by atoms with Crippen molar-refractivity contribution >= 4 is 52.5 Å². The van der Waals surface area contributed by atoms with Crippen LogP contribution in [-0.4, -0.2) is 29.4 Å². The zero-order chi connectivity index (χ0) is 13.1. The Labute approximate surface area is 118 Å². The largest absolute Gasteiger partial charge is 0.343 e. The van der Waals surface area contributed by atoms with Gasteiger partial charge in [0.05, 0.1) is 5.75 Å². The summed E-state index contributed by atoms with van der Waals surface area (Å²) in [5.74, 6) is 0.558. The lowest BCUT2D eigenvalue weighted by Crippen LogP contribution is -2.49. The van der Waals surface area contributed by atoms with Crippen molar-refractivity contribution in [2.75, 3.05) is 16.8 Å². The van der Waals surface area contributed by atoms with Gasteiger partial charge in [-0.05, 0) is 18.2 Å². The summed E-state index contributed by atoms with van der Waals surface area (Å²) < 4.78 is 0. The first-order valence-electron chi connectivity index (χ1n) is 5.18. The summed E-state index contributed by atoms with van der Waals surface area (Å²) >= 11 is 13.1. The number of carbonyl (C=O) groups is 2. The van der Waals surface area contributed by atoms with E-state index in [1.165, 1.54) is 11.8 Å². The minimum Gasteiger partial charge on any atom is -0.343 e. The number of rotatable bonds is 2. The van der Waals surface area contributed by atoms with Crippen LogP contribution in [0.1, 0.15) is 0 Å². The summed E-state index contributed by atoms with van der Waals surface area (Å²) in [5.41, 5.74) is 0.516. The van der Waals surface area contributed by atoms with Crippen molar-refractivity contribution in [2.45, 2.75) is 6.04 Å². The van der Waals surface area contributed by atoms with E-state index in [9.17, 15) is 9.59 Å². The van der Waals surface area contributed by atoms with Crippen LogP contribution in [0.2, 0.25) is 10.0 Å². The van der Waals surface area contributed by atoms with Gasteiger partial charge in [0.25, 0.3) is 0 Å². The Morgan fingerprint density at radius 3 is 2.61 bits per heavy atom. The quantitative estimate of drug-likeness (QED) is 0.880. The molecule has 0 aliphatic carbocycles. The number of hydrogen-bond acceptors (Lipinski definition) is 3. The van der Waals surface area contributed by atoms with Gasteiger partial charge in [0.2, 0.25) is 11.8 Å². The summed E-state index contributed by atoms with van der Waals surface area (Å²) in [5, 5.41) is 6.19. The molecule has 96 valence electrons. The Hall–Kier alpha value is -0.910. The van der Waals surface area contributed by atoms with Gasteiger partial charge in [-0.1, -0.05) is 23.2 Å². The Kier molecular flexibility index (Phi) is 4.37. The molecule has 18 heavy (non-hydrogen) atoms. The van der Waals surface area contributed by atoms with Gasteiger partial charge in [0.15, 0.2) is 0 Å². The lowest BCUT2D eigenvalue weighted by Gasteiger charge is -2.22. The highest BCUT2D eigenvalue weighted by molar-refractivity contribution is 8.00. The fourth-order valence-corrected chi connectivity index (χ4v) is 2.93. The van der Waals surface area contributed by atoms with E-state index in [-0.39, 0.29) is 11.8 Å². The Morgan fingerprint density at radius 2 is 2.00 bits per heavy atom. The molecule has 1 fully saturated rings. The lowest BCUT2D eigenvalue weighted by molar-refractivity contribution is -0.124. The topological polar surface area (TPSA) is 58.2 Å². The van der Waals surface area contributed by atoms with Crippen LogP contribution in [0.3, 0.4) is 0 Å². The average molecular weight is 305 g/mol. The molecule has 1 aromatic carbocycles. The van der Waals surface area contributed by atoms with Gasteiger partial charge in [-0.15, -0.1) is 11.8 Å². The van der Waals surface area contributed by atoms with Crippen molar-refractivity contribution < 1.29 is 9.59 Å². The first-order chi connectivity index (χ1) is 8.54. The first-order valence-corrected chi connectivity index (χ1v) is 7.10. The maximum atomic E-state index is 11.9. The molecule has 1 aromatic rings. The normalized spacial score (nSPS) is 19.2. The van der Waals surface area contributed by atoms with E-state index in [4.69, 9.17) is 23.2 Å². The summed E-state index contributed by atoms with van der Waals surface area (Å²) in [6.45, 7) is 0. The van der Waals surface area contributed by atoms with Gasteiger partial charge in [-0.25, -0.2) is 0 Å². The SMILES string of the molecule is O=C1CSCC(C(=O)Nc2cc(Cl)cc(Cl)c2)N1. The van der Waals surface area contributed by atoms with Gasteiger partial charge < -0.3 is 10.6 Å². The van der Waals surface area contributed by atoms with Crippen LogP contribution in [0.5, 0.6) is 0 Å². The van der Waals surface area contributed by atoms with Crippen molar-refractivity contribution in [3.05, 3.63) is 28.2 Å². The molecule has 4 nitrogen and oxygen atoms in total. The first kappa shape index (κ1) is 13.5. The highest BCUT2D eigenvalue weighted by Crippen LogP contribution is 2.22. The van der Waals surface area contributed by atoms with Gasteiger partial charge in [0.1, 0.15) is 6.04 Å². The van der Waals surface area contributed by atoms with Crippen molar-refractivity contribution in [3.8, 4) is 0 Å². The fraction of sp³-hybridized carbons (Fsp3) is 0.273. The van der Waals surface area contributed by atoms with Gasteiger partial charge >= 0.3 is 0 Å². The Bertz CT molecular complexity index is 476. The summed E-state index contributed by atoms with van der Waals surface area (Å²) in [7, 11) is 0. The third kappa shape index (κ3) is 3.54. The summed E-state index contributed by atoms with van der Waals surface area (Å²) in [6.07, 6.45) is 0. The van der Waals surface area contributed by atoms with Crippen LogP contribution in [0.25, 0.3) is 0 Å². The fourth-order valence-electron chi connectivity index (χ4n) is 1.54. The molecule has 0 radical (unpaired) electrons. The molecule has 1 unspecified atom stereocenters. The van der Waals surface area contributed by atoms with E-state index in [0.717, 1.165) is 0 Å². The molecule has 0 spiro atoms. The molecule has 1 aliphatic rings. The summed E-state index contributed by atoms with van der Waals surface area (Å²) in [4.78, 5) is 23.1. The second kappa shape index (κ2) is 5.82. The Balaban J connectivity index is 2.04. The zero-order valence-electron chi connectivity index (χ0n) is 9.20. The van der Waals surface area contributed by atoms with Crippen LogP contribution < -0.4 is 10.6 Å². The van der Waals surface area contributed by atoms with Crippen LogP contribution in [-0.2, 0) is 9.59 Å². The Morgan fingerprint density at radius 1 is 1.33 bits per heavy atom. The maximum absolute atomic E-state index is 11.9. The van der Waals surface area contributed by atoms with Gasteiger partial charge in [-0.2, -0.15) is 0 Å². The zero-order valence-corrected chi connectivity index (χ0v) is 11.5. The van der Waals surface area contributed by atoms with Crippen molar-refractivity contribution in [2.24, 2.45) is 0 Å². The minimum atomic E-state index is -0.519. The van der Waals surface area contributed by atoms with Crippen LogP contribution >= 0.6 is 35.0 Å². The molecular formula is C11H10Cl2N2O2S. The van der Waals surface area contributed by atoms with Crippen LogP contribution in [0, 0.1) is 0 Å². The molecule has 0 aromatic heterocycles. The molecule has 0 saturated carbocycles. The predicted molar refractivity (Wildman–Crippen MR) is 74.3 cm³/mol. The second-order valence-electron chi connectivity index (χ2n) is 3.78. The lowest BCUT2D eigenvalue weighted by atomic mass is 10.2. The van der Waals surface area contributed by atoms with Crippen molar-refractivity contribution in [1.29, 1.82) is 0 Å². The number of halogens is 2. The predicted octanol–water partition coefficient (Wildman–Crippen LogP) is 2.16. The number of carbonyl (C=O) groups excluding carboxylic acids is 2. The molecule has 0 bridgehead atoms. The van der Waals surface area contributed by atoms with E-state index in [1.54, 1.807) is 18.2 Å². The third-order valence-corrected chi connectivity index (χ3v) is 3.77. The maximum Gasteiger partial charge on any atom is 0.247 e. The van der Waals surface area contributed by atoms with E-state index in [0.29, 0.717) is 27.2 Å². The van der Waals surface area contributed by atoms with Crippen LogP contribution in [0.15, 0.2) is 18.2 Å². The van der Waals surface area contributed by atoms with E-state index < -0.39 is 6.04 Å². The van der Waals surface area contributed by atoms with E-state index in [1.807, 2.05) is 0 Å². The smallest absolute Gasteiger partial charge is 0.247 e. The molecule has 1 atom stereocenters. The molecule has 7 heteroatoms. The number of hydrogen-bond donors (Lipinski definition) is 2. The number of anilines is 1. The average Bonchev–Trinajstić information content (AvgIpc) is 2.27. The highest BCUT2D eigenvalue weighted by atomic mass is 35.5. The van der Waals surface area contributed by atoms with E-state index >= 15 is 0 Å². The molecular weight excluding hydrogens is 295 g/mol. The molecule has 2 rings (SSSR count). The van der Waals surface area contributed by atoms with Gasteiger partial charge in [-0.3, -0.25) is 9.59 Å². The number of amides is 2. The standard InChI is InChI=1S/C11H10Cl2N2O2S/c12-6-1-7(13)3-8(2-6)14-11(17)9-4-18-5-10(16)15-9/h1-3,9H,4-5H2,(H,14,17)(H,15,16). The molecule has 2 amide bonds. The number of thioether (sulfide) groups is 1. The van der Waals surface area contributed by atoms with Crippen LogP contribution in [0.4, 0.5) is 5.69 Å². The third-order valence-electron chi connectivity index (χ3n) is 2.30. The second-order valence-corrected chi connectivity index (χ2v) is 5.69. The van der Waals surface area contributed by atoms with Crippen molar-refractivity contribution in [1.82, 2.24) is 5.32 Å². The highest BCUT2D eigenvalue weighted by Gasteiger charge is 2.25. The number of benzene rings is 1. The minimum absolute atomic E-state index is 0.129. The molecule has 1 heterocycles. The molecule has 1 saturated heterocycles.